The molecule has 2 aromatic heterocycles. The number of carbonyl (C=O) groups excluding carboxylic acids is 1. The lowest BCUT2D eigenvalue weighted by atomic mass is 9.69. The number of aromatic nitrogens is 3. The molecule has 0 bridgehead atoms. The Morgan fingerprint density at radius 2 is 2.27 bits per heavy atom. The highest BCUT2D eigenvalue weighted by Crippen LogP contribution is 2.42. The molecular weight excluding hydrogens is 334 g/mol. The molecule has 138 valence electrons. The summed E-state index contributed by atoms with van der Waals surface area (Å²) in [4.78, 5) is 25.7. The van der Waals surface area contributed by atoms with Crippen molar-refractivity contribution in [1.29, 1.82) is 0 Å². The first-order valence-corrected chi connectivity index (χ1v) is 8.99. The number of fused-ring (bicyclic) bond motifs is 1. The van der Waals surface area contributed by atoms with Crippen LogP contribution < -0.4 is 4.90 Å². The largest absolute Gasteiger partial charge is 0.396 e. The molecule has 4 rings (SSSR count). The Morgan fingerprint density at radius 3 is 2.96 bits per heavy atom. The first kappa shape index (κ1) is 17.0. The van der Waals surface area contributed by atoms with E-state index in [0.717, 1.165) is 31.6 Å². The number of hydrogen-bond donors (Lipinski definition) is 1. The van der Waals surface area contributed by atoms with Gasteiger partial charge in [-0.15, -0.1) is 0 Å². The van der Waals surface area contributed by atoms with Crippen molar-refractivity contribution in [2.24, 2.45) is 5.41 Å². The summed E-state index contributed by atoms with van der Waals surface area (Å²) in [5, 5.41) is 14.0. The van der Waals surface area contributed by atoms with E-state index in [9.17, 15) is 9.90 Å². The summed E-state index contributed by atoms with van der Waals surface area (Å²) < 4.78 is 5.07. The molecule has 1 amide bonds. The zero-order valence-corrected chi connectivity index (χ0v) is 14.8. The first-order chi connectivity index (χ1) is 12.6. The molecule has 4 heterocycles. The van der Waals surface area contributed by atoms with Crippen molar-refractivity contribution in [1.82, 2.24) is 20.0 Å². The Kier molecular flexibility index (Phi) is 4.36. The number of hydrogen-bond acceptors (Lipinski definition) is 7. The molecule has 1 N–H and O–H groups in total. The van der Waals surface area contributed by atoms with Crippen molar-refractivity contribution in [3.05, 3.63) is 36.1 Å². The molecule has 8 nitrogen and oxygen atoms in total. The normalized spacial score (nSPS) is 25.8. The highest BCUT2D eigenvalue weighted by Gasteiger charge is 2.49. The monoisotopic (exact) mass is 357 g/mol. The number of nitrogens with zero attached hydrogens (tertiary/aromatic N) is 5. The van der Waals surface area contributed by atoms with E-state index in [1.807, 2.05) is 4.90 Å². The van der Waals surface area contributed by atoms with Crippen molar-refractivity contribution >= 4 is 11.7 Å². The van der Waals surface area contributed by atoms with Gasteiger partial charge >= 0.3 is 0 Å². The topological polar surface area (TPSA) is 95.6 Å². The van der Waals surface area contributed by atoms with Crippen LogP contribution in [0.2, 0.25) is 0 Å². The summed E-state index contributed by atoms with van der Waals surface area (Å²) in [6.07, 6.45) is 9.10. The molecule has 0 aliphatic carbocycles. The van der Waals surface area contributed by atoms with Crippen LogP contribution in [0.4, 0.5) is 5.82 Å². The van der Waals surface area contributed by atoms with Crippen molar-refractivity contribution < 1.29 is 14.4 Å². The van der Waals surface area contributed by atoms with Crippen molar-refractivity contribution in [2.75, 3.05) is 31.1 Å². The number of piperidine rings is 2. The highest BCUT2D eigenvalue weighted by molar-refractivity contribution is 5.95. The third-order valence-corrected chi connectivity index (χ3v) is 5.77. The smallest absolute Gasteiger partial charge is 0.259 e. The fourth-order valence-electron chi connectivity index (χ4n) is 4.42. The van der Waals surface area contributed by atoms with Gasteiger partial charge in [-0.25, -0.2) is 4.98 Å². The number of amides is 1. The molecular formula is C18H23N5O3. The maximum atomic E-state index is 13.1. The van der Waals surface area contributed by atoms with E-state index >= 15 is 0 Å². The van der Waals surface area contributed by atoms with Gasteiger partial charge in [-0.05, 0) is 26.2 Å². The molecule has 2 fully saturated rings. The van der Waals surface area contributed by atoms with Crippen molar-refractivity contribution in [2.45, 2.75) is 32.2 Å². The molecule has 0 unspecified atom stereocenters. The van der Waals surface area contributed by atoms with Gasteiger partial charge in [-0.2, -0.15) is 0 Å². The van der Waals surface area contributed by atoms with Gasteiger partial charge in [0.05, 0.1) is 19.0 Å². The molecule has 2 aromatic rings. The van der Waals surface area contributed by atoms with E-state index < -0.39 is 0 Å². The Labute approximate surface area is 151 Å². The maximum Gasteiger partial charge on any atom is 0.259 e. The Balaban J connectivity index is 1.61. The number of carbonyl (C=O) groups is 1. The van der Waals surface area contributed by atoms with Crippen LogP contribution in [0.15, 0.2) is 29.3 Å². The van der Waals surface area contributed by atoms with Crippen molar-refractivity contribution in [3.63, 3.8) is 0 Å². The van der Waals surface area contributed by atoms with Crippen LogP contribution in [0, 0.1) is 12.3 Å². The van der Waals surface area contributed by atoms with Crippen LogP contribution in [-0.4, -0.2) is 63.3 Å². The van der Waals surface area contributed by atoms with Crippen LogP contribution >= 0.6 is 0 Å². The minimum absolute atomic E-state index is 0.00373. The lowest BCUT2D eigenvalue weighted by Gasteiger charge is -2.54. The molecule has 2 saturated heterocycles. The summed E-state index contributed by atoms with van der Waals surface area (Å²) in [7, 11) is 0. The zero-order valence-electron chi connectivity index (χ0n) is 14.8. The van der Waals surface area contributed by atoms with Gasteiger partial charge in [0.1, 0.15) is 17.1 Å². The molecule has 2 aliphatic rings. The molecule has 0 aromatic carbocycles. The third kappa shape index (κ3) is 2.74. The second-order valence-electron chi connectivity index (χ2n) is 7.21. The van der Waals surface area contributed by atoms with Gasteiger partial charge in [0.15, 0.2) is 0 Å². The third-order valence-electron chi connectivity index (χ3n) is 5.77. The second kappa shape index (κ2) is 6.68. The molecule has 0 radical (unpaired) electrons. The average Bonchev–Trinajstić information content (AvgIpc) is 3.13. The van der Waals surface area contributed by atoms with Gasteiger partial charge < -0.3 is 19.4 Å². The van der Waals surface area contributed by atoms with Gasteiger partial charge in [-0.1, -0.05) is 5.16 Å². The van der Waals surface area contributed by atoms with E-state index in [1.165, 1.54) is 6.20 Å². The van der Waals surface area contributed by atoms with E-state index in [1.54, 1.807) is 25.5 Å². The maximum absolute atomic E-state index is 13.1. The van der Waals surface area contributed by atoms with E-state index in [0.29, 0.717) is 24.4 Å². The molecule has 26 heavy (non-hydrogen) atoms. The first-order valence-electron chi connectivity index (χ1n) is 8.99. The van der Waals surface area contributed by atoms with Crippen LogP contribution in [0.5, 0.6) is 0 Å². The van der Waals surface area contributed by atoms with Gasteiger partial charge in [-0.3, -0.25) is 9.78 Å². The molecule has 2 atom stereocenters. The molecule has 8 heteroatoms. The van der Waals surface area contributed by atoms with E-state index in [-0.39, 0.29) is 24.0 Å². The van der Waals surface area contributed by atoms with Crippen LogP contribution in [0.25, 0.3) is 0 Å². The summed E-state index contributed by atoms with van der Waals surface area (Å²) in [6, 6.07) is -0.00373. The van der Waals surface area contributed by atoms with Gasteiger partial charge in [0.2, 0.25) is 0 Å². The fraction of sp³-hybridized carbons (Fsp3) is 0.556. The Morgan fingerprint density at radius 1 is 1.38 bits per heavy atom. The van der Waals surface area contributed by atoms with Gasteiger partial charge in [0.25, 0.3) is 5.91 Å². The number of aliphatic hydroxyl groups is 1. The lowest BCUT2D eigenvalue weighted by Crippen LogP contribution is -2.63. The van der Waals surface area contributed by atoms with E-state index in [2.05, 4.69) is 20.0 Å². The standard InChI is InChI=1S/C18H23N5O3/c1-13-14(9-21-26-13)17(25)23-7-2-4-18(12-24)11-22(8-3-15(18)23)16-10-19-5-6-20-16/h5-6,9-10,15,24H,2-4,7-8,11-12H2,1H3/t15-,18-/m0/s1. The molecule has 0 saturated carbocycles. The number of rotatable bonds is 3. The SMILES string of the molecule is Cc1oncc1C(=O)N1CCC[C@@]2(CO)CN(c3cnccn3)CC[C@H]12. The Hall–Kier alpha value is -2.48. The molecule has 0 spiro atoms. The number of likely N-dealkylation sites (tertiary alicyclic amines) is 1. The second-order valence-corrected chi connectivity index (χ2v) is 7.21. The predicted molar refractivity (Wildman–Crippen MR) is 93.7 cm³/mol. The average molecular weight is 357 g/mol. The summed E-state index contributed by atoms with van der Waals surface area (Å²) in [5.74, 6) is 1.29. The van der Waals surface area contributed by atoms with Gasteiger partial charge in [0, 0.05) is 43.5 Å². The molecule has 2 aliphatic heterocycles. The van der Waals surface area contributed by atoms with E-state index in [4.69, 9.17) is 4.52 Å². The quantitative estimate of drug-likeness (QED) is 0.883. The summed E-state index contributed by atoms with van der Waals surface area (Å²) in [6.45, 7) is 3.93. The number of aliphatic hydroxyl groups excluding tert-OH is 1. The summed E-state index contributed by atoms with van der Waals surface area (Å²) in [5.41, 5.74) is 0.157. The fourth-order valence-corrected chi connectivity index (χ4v) is 4.42. The number of anilines is 1. The zero-order chi connectivity index (χ0) is 18.1. The number of aryl methyl sites for hydroxylation is 1. The predicted octanol–water partition coefficient (Wildman–Crippen LogP) is 1.27. The highest BCUT2D eigenvalue weighted by atomic mass is 16.5. The minimum atomic E-state index is -0.352. The summed E-state index contributed by atoms with van der Waals surface area (Å²) >= 11 is 0. The van der Waals surface area contributed by atoms with Crippen LogP contribution in [0.1, 0.15) is 35.4 Å². The van der Waals surface area contributed by atoms with Crippen LogP contribution in [0.3, 0.4) is 0 Å². The van der Waals surface area contributed by atoms with Crippen molar-refractivity contribution in [3.8, 4) is 0 Å². The lowest BCUT2D eigenvalue weighted by molar-refractivity contribution is -0.0260. The minimum Gasteiger partial charge on any atom is -0.396 e. The van der Waals surface area contributed by atoms with Crippen LogP contribution in [-0.2, 0) is 0 Å². The Bertz CT molecular complexity index is 780.